The molecule has 4 rings (SSSR count). The second kappa shape index (κ2) is 7.67. The maximum atomic E-state index is 12.8. The van der Waals surface area contributed by atoms with Crippen LogP contribution < -0.4 is 0 Å². The predicted octanol–water partition coefficient (Wildman–Crippen LogP) is 1.72. The van der Waals surface area contributed by atoms with Crippen molar-refractivity contribution in [3.05, 3.63) is 53.6 Å². The van der Waals surface area contributed by atoms with Crippen molar-refractivity contribution in [3.63, 3.8) is 0 Å². The molecular weight excluding hydrogens is 407 g/mol. The van der Waals surface area contributed by atoms with Crippen molar-refractivity contribution in [3.8, 4) is 5.69 Å². The Morgan fingerprint density at radius 3 is 2.66 bits per heavy atom. The molecule has 0 spiro atoms. The minimum Gasteiger partial charge on any atom is -0.287 e. The van der Waals surface area contributed by atoms with Crippen LogP contribution >= 0.6 is 0 Å². The molecule has 2 aromatic heterocycles. The monoisotopic (exact) mass is 425 g/mol. The van der Waals surface area contributed by atoms with Crippen LogP contribution in [0.15, 0.2) is 36.7 Å². The molecule has 0 amide bonds. The number of tetrazole rings is 1. The highest BCUT2D eigenvalue weighted by Crippen LogP contribution is 2.30. The topological polar surface area (TPSA) is 81.7 Å². The van der Waals surface area contributed by atoms with Crippen molar-refractivity contribution in [2.24, 2.45) is 7.05 Å². The van der Waals surface area contributed by atoms with Gasteiger partial charge in [0.05, 0.1) is 24.0 Å². The first kappa shape index (κ1) is 19.7. The van der Waals surface area contributed by atoms with E-state index >= 15 is 0 Å². The van der Waals surface area contributed by atoms with Crippen molar-refractivity contribution in [2.45, 2.75) is 18.8 Å². The van der Waals surface area contributed by atoms with Gasteiger partial charge >= 0.3 is 6.18 Å². The number of rotatable bonds is 4. The van der Waals surface area contributed by atoms with E-state index in [2.05, 4.69) is 25.5 Å². The Kier molecular flexibility index (Phi) is 5.21. The Labute approximate surface area is 166 Å². The lowest BCUT2D eigenvalue weighted by Crippen LogP contribution is -2.40. The molecule has 1 aliphatic heterocycles. The molecule has 3 aromatic rings. The van der Waals surface area contributed by atoms with Crippen molar-refractivity contribution in [1.82, 2.24) is 34.9 Å². The number of alkyl halides is 3. The van der Waals surface area contributed by atoms with Crippen LogP contribution in [0.5, 0.6) is 0 Å². The third kappa shape index (κ3) is 4.22. The van der Waals surface area contributed by atoms with Crippen molar-refractivity contribution < 1.29 is 17.4 Å². The predicted molar refractivity (Wildman–Crippen MR) is 98.4 cm³/mol. The van der Waals surface area contributed by atoms with Crippen LogP contribution in [-0.2, 0) is 30.6 Å². The molecule has 0 aliphatic carbocycles. The molecule has 0 N–H and O–H groups in total. The van der Waals surface area contributed by atoms with E-state index in [-0.39, 0.29) is 6.04 Å². The minimum absolute atomic E-state index is 0.101. The summed E-state index contributed by atoms with van der Waals surface area (Å²) in [5, 5.41) is 15.9. The van der Waals surface area contributed by atoms with E-state index in [0.717, 1.165) is 17.7 Å². The van der Waals surface area contributed by atoms with Gasteiger partial charge in [0, 0.05) is 53.7 Å². The van der Waals surface area contributed by atoms with Crippen LogP contribution in [0, 0.1) is 0 Å². The van der Waals surface area contributed by atoms with Gasteiger partial charge in [0.1, 0.15) is 0 Å². The lowest BCUT2D eigenvalue weighted by molar-refractivity contribution is -0.137. The molecule has 29 heavy (non-hydrogen) atoms. The van der Waals surface area contributed by atoms with Crippen molar-refractivity contribution >= 4 is 10.8 Å². The quantitative estimate of drug-likeness (QED) is 0.633. The van der Waals surface area contributed by atoms with Gasteiger partial charge in [-0.15, -0.1) is 5.10 Å². The number of halogens is 3. The smallest absolute Gasteiger partial charge is 0.287 e. The standard InChI is InChI=1S/C17H18F3N7OS/c1-25-9-12(8-21-25)15-11-29(28)7-6-26(15)10-16-22-23-24-27(16)14-4-2-13(3-5-14)17(18,19)20/h2-5,8-9,15H,6-7,10-11H2,1H3. The summed E-state index contributed by atoms with van der Waals surface area (Å²) in [6.07, 6.45) is -0.763. The van der Waals surface area contributed by atoms with E-state index in [1.807, 2.05) is 13.2 Å². The Hall–Kier alpha value is -2.60. The largest absolute Gasteiger partial charge is 0.416 e. The molecule has 12 heteroatoms. The van der Waals surface area contributed by atoms with Crippen LogP contribution in [0.25, 0.3) is 5.69 Å². The zero-order chi connectivity index (χ0) is 20.6. The average Bonchev–Trinajstić information content (AvgIpc) is 3.31. The summed E-state index contributed by atoms with van der Waals surface area (Å²) in [7, 11) is 0.891. The number of hydrogen-bond donors (Lipinski definition) is 0. The maximum absolute atomic E-state index is 12.8. The molecular formula is C17H18F3N7OS. The highest BCUT2D eigenvalue weighted by Gasteiger charge is 2.31. The van der Waals surface area contributed by atoms with E-state index in [1.54, 1.807) is 10.9 Å². The number of nitrogens with zero attached hydrogens (tertiary/aromatic N) is 7. The van der Waals surface area contributed by atoms with Gasteiger partial charge in [0.2, 0.25) is 0 Å². The Balaban J connectivity index is 1.58. The highest BCUT2D eigenvalue weighted by molar-refractivity contribution is 7.85. The molecule has 2 atom stereocenters. The lowest BCUT2D eigenvalue weighted by atomic mass is 10.1. The SMILES string of the molecule is Cn1cc(C2CS(=O)CCN2Cc2nnnn2-c2ccc(C(F)(F)F)cc2)cn1. The second-order valence-electron chi connectivity index (χ2n) is 6.80. The van der Waals surface area contributed by atoms with Crippen LogP contribution in [0.3, 0.4) is 0 Å². The zero-order valence-corrected chi connectivity index (χ0v) is 16.3. The molecule has 8 nitrogen and oxygen atoms in total. The van der Waals surface area contributed by atoms with Gasteiger partial charge in [-0.3, -0.25) is 13.8 Å². The number of aryl methyl sites for hydroxylation is 1. The summed E-state index contributed by atoms with van der Waals surface area (Å²) in [5.74, 6) is 1.51. The first-order valence-corrected chi connectivity index (χ1v) is 10.3. The summed E-state index contributed by atoms with van der Waals surface area (Å²) in [5.41, 5.74) is 0.664. The van der Waals surface area contributed by atoms with Gasteiger partial charge in [0.25, 0.3) is 0 Å². The fourth-order valence-electron chi connectivity index (χ4n) is 3.33. The summed E-state index contributed by atoms with van der Waals surface area (Å²) in [6.45, 7) is 0.955. The van der Waals surface area contributed by atoms with Gasteiger partial charge in [0.15, 0.2) is 5.82 Å². The van der Waals surface area contributed by atoms with Gasteiger partial charge in [-0.05, 0) is 34.7 Å². The third-order valence-corrected chi connectivity index (χ3v) is 6.14. The molecule has 0 radical (unpaired) electrons. The minimum atomic E-state index is -4.40. The summed E-state index contributed by atoms with van der Waals surface area (Å²) in [6, 6.07) is 4.59. The second-order valence-corrected chi connectivity index (χ2v) is 8.42. The van der Waals surface area contributed by atoms with E-state index in [4.69, 9.17) is 0 Å². The molecule has 3 heterocycles. The summed E-state index contributed by atoms with van der Waals surface area (Å²) in [4.78, 5) is 2.12. The van der Waals surface area contributed by atoms with E-state index < -0.39 is 22.5 Å². The first-order valence-electron chi connectivity index (χ1n) is 8.84. The zero-order valence-electron chi connectivity index (χ0n) is 15.5. The van der Waals surface area contributed by atoms with Crippen LogP contribution in [0.4, 0.5) is 13.2 Å². The number of benzene rings is 1. The van der Waals surface area contributed by atoms with Crippen molar-refractivity contribution in [1.29, 1.82) is 0 Å². The van der Waals surface area contributed by atoms with Crippen LogP contribution in [0.2, 0.25) is 0 Å². The van der Waals surface area contributed by atoms with Crippen LogP contribution in [-0.4, -0.2) is 57.1 Å². The fraction of sp³-hybridized carbons (Fsp3) is 0.412. The molecule has 0 saturated carbocycles. The molecule has 0 bridgehead atoms. The molecule has 1 aliphatic rings. The number of aromatic nitrogens is 6. The molecule has 1 fully saturated rings. The Morgan fingerprint density at radius 2 is 2.00 bits per heavy atom. The fourth-order valence-corrected chi connectivity index (χ4v) is 4.69. The first-order chi connectivity index (χ1) is 13.8. The Morgan fingerprint density at radius 1 is 1.24 bits per heavy atom. The summed E-state index contributed by atoms with van der Waals surface area (Å²) >= 11 is 0. The van der Waals surface area contributed by atoms with E-state index in [1.165, 1.54) is 16.8 Å². The van der Waals surface area contributed by atoms with E-state index in [0.29, 0.717) is 36.1 Å². The average molecular weight is 425 g/mol. The highest BCUT2D eigenvalue weighted by atomic mass is 32.2. The normalized spacial score (nSPS) is 20.8. The van der Waals surface area contributed by atoms with Gasteiger partial charge in [-0.25, -0.2) is 0 Å². The van der Waals surface area contributed by atoms with Gasteiger partial charge in [-0.2, -0.15) is 23.0 Å². The molecule has 1 aromatic carbocycles. The van der Waals surface area contributed by atoms with Gasteiger partial charge < -0.3 is 0 Å². The number of hydrogen-bond acceptors (Lipinski definition) is 6. The van der Waals surface area contributed by atoms with Crippen LogP contribution in [0.1, 0.15) is 23.0 Å². The third-order valence-electron chi connectivity index (χ3n) is 4.82. The molecule has 2 unspecified atom stereocenters. The Bertz CT molecular complexity index is 1010. The molecule has 154 valence electrons. The lowest BCUT2D eigenvalue weighted by Gasteiger charge is -2.34. The maximum Gasteiger partial charge on any atom is 0.416 e. The summed E-state index contributed by atoms with van der Waals surface area (Å²) < 4.78 is 53.6. The van der Waals surface area contributed by atoms with E-state index in [9.17, 15) is 17.4 Å². The van der Waals surface area contributed by atoms with Gasteiger partial charge in [-0.1, -0.05) is 0 Å². The van der Waals surface area contributed by atoms with Crippen molar-refractivity contribution in [2.75, 3.05) is 18.1 Å². The molecule has 1 saturated heterocycles.